The van der Waals surface area contributed by atoms with Crippen LogP contribution in [-0.4, -0.2) is 34.3 Å². The summed E-state index contributed by atoms with van der Waals surface area (Å²) in [5.74, 6) is 0.245. The maximum Gasteiger partial charge on any atom is 0.435 e. The van der Waals surface area contributed by atoms with E-state index in [-0.39, 0.29) is 11.5 Å². The van der Waals surface area contributed by atoms with Crippen LogP contribution in [-0.2, 0) is 6.18 Å². The molecular weight excluding hydrogens is 453 g/mol. The number of thiophene rings is 1. The summed E-state index contributed by atoms with van der Waals surface area (Å²) in [5.41, 5.74) is 0.600. The summed E-state index contributed by atoms with van der Waals surface area (Å²) in [6, 6.07) is 1.62. The summed E-state index contributed by atoms with van der Waals surface area (Å²) < 4.78 is 68.7. The van der Waals surface area contributed by atoms with Crippen molar-refractivity contribution < 1.29 is 22.0 Å². The molecule has 0 N–H and O–H groups in total. The molecule has 0 fully saturated rings. The molecule has 0 amide bonds. The van der Waals surface area contributed by atoms with Crippen LogP contribution >= 0.6 is 11.3 Å². The summed E-state index contributed by atoms with van der Waals surface area (Å²) in [4.78, 5) is 13.4. The molecule has 0 aliphatic carbocycles. The quantitative estimate of drug-likeness (QED) is 0.338. The summed E-state index contributed by atoms with van der Waals surface area (Å²) in [5, 5.41) is 8.69. The van der Waals surface area contributed by atoms with Crippen LogP contribution in [0.25, 0.3) is 26.1 Å². The number of hydrogen-bond donors (Lipinski definition) is 0. The topological polar surface area (TPSA) is 73.8 Å². The fourth-order valence-corrected chi connectivity index (χ4v) is 4.85. The molecule has 0 spiro atoms. The fraction of sp³-hybridized carbons (Fsp3) is 0.316. The van der Waals surface area contributed by atoms with E-state index in [0.717, 1.165) is 6.07 Å². The number of nitrogens with zero attached hydrogens (tertiary/aromatic N) is 7. The van der Waals surface area contributed by atoms with Crippen molar-refractivity contribution in [2.75, 3.05) is 0 Å². The minimum atomic E-state index is -4.56. The van der Waals surface area contributed by atoms with Gasteiger partial charge in [0.15, 0.2) is 17.2 Å². The first-order valence-corrected chi connectivity index (χ1v) is 10.2. The Morgan fingerprint density at radius 2 is 1.81 bits per heavy atom. The van der Waals surface area contributed by atoms with Crippen LogP contribution in [0.2, 0.25) is 0 Å². The molecular formula is C19H14F5N7S. The monoisotopic (exact) mass is 467 g/mol. The molecule has 0 aliphatic heterocycles. The lowest BCUT2D eigenvalue weighted by atomic mass is 10.1. The zero-order valence-corrected chi connectivity index (χ0v) is 17.6. The Hall–Kier alpha value is -3.22. The molecule has 5 aromatic rings. The Labute approximate surface area is 180 Å². The number of fused-ring (bicyclic) bond motifs is 5. The van der Waals surface area contributed by atoms with Crippen LogP contribution in [0.5, 0.6) is 0 Å². The lowest BCUT2D eigenvalue weighted by Gasteiger charge is -2.10. The van der Waals surface area contributed by atoms with Crippen molar-refractivity contribution in [2.45, 2.75) is 39.4 Å². The Kier molecular flexibility index (Phi) is 4.45. The highest BCUT2D eigenvalue weighted by Crippen LogP contribution is 2.37. The number of rotatable bonds is 3. The van der Waals surface area contributed by atoms with E-state index >= 15 is 0 Å². The number of pyridine rings is 1. The van der Waals surface area contributed by atoms with Crippen LogP contribution in [0.3, 0.4) is 0 Å². The number of aromatic nitrogens is 7. The van der Waals surface area contributed by atoms with Gasteiger partial charge in [-0.2, -0.15) is 18.3 Å². The normalized spacial score (nSPS) is 13.8. The highest BCUT2D eigenvalue weighted by atomic mass is 32.1. The molecule has 7 nitrogen and oxygen atoms in total. The van der Waals surface area contributed by atoms with Crippen LogP contribution in [0.15, 0.2) is 18.5 Å². The van der Waals surface area contributed by atoms with Gasteiger partial charge in [0.25, 0.3) is 6.43 Å². The smallest absolute Gasteiger partial charge is 0.259 e. The minimum Gasteiger partial charge on any atom is -0.259 e. The van der Waals surface area contributed by atoms with Crippen LogP contribution in [0, 0.1) is 13.8 Å². The van der Waals surface area contributed by atoms with Gasteiger partial charge in [-0.05, 0) is 38.5 Å². The number of alkyl halides is 5. The van der Waals surface area contributed by atoms with E-state index < -0.39 is 24.3 Å². The Morgan fingerprint density at radius 3 is 2.47 bits per heavy atom. The predicted molar refractivity (Wildman–Crippen MR) is 107 cm³/mol. The van der Waals surface area contributed by atoms with E-state index in [4.69, 9.17) is 0 Å². The molecule has 5 aromatic heterocycles. The van der Waals surface area contributed by atoms with Crippen molar-refractivity contribution in [2.24, 2.45) is 0 Å². The maximum absolute atomic E-state index is 13.2. The van der Waals surface area contributed by atoms with E-state index in [9.17, 15) is 22.0 Å². The van der Waals surface area contributed by atoms with E-state index in [2.05, 4.69) is 25.1 Å². The standard InChI is InChI=1S/C19H14F5N7S/c1-7-4-10(15(20)21)26-18-12(7)13-14(32-18)17-27-16(29-30(17)6-25-13)9(3)31-8(2)5-11(28-31)19(22,23)24/h4-6,9,15H,1-3H3/t9-/m0/s1. The molecule has 13 heteroatoms. The highest BCUT2D eigenvalue weighted by Gasteiger charge is 2.35. The van der Waals surface area contributed by atoms with Gasteiger partial charge in [-0.15, -0.1) is 16.4 Å². The van der Waals surface area contributed by atoms with E-state index in [1.54, 1.807) is 13.8 Å². The lowest BCUT2D eigenvalue weighted by molar-refractivity contribution is -0.141. The van der Waals surface area contributed by atoms with Gasteiger partial charge in [-0.3, -0.25) is 4.68 Å². The molecule has 1 atom stereocenters. The van der Waals surface area contributed by atoms with Crippen molar-refractivity contribution in [3.05, 3.63) is 46.9 Å². The number of aryl methyl sites for hydroxylation is 2. The second-order valence-electron chi connectivity index (χ2n) is 7.40. The minimum absolute atomic E-state index is 0.245. The van der Waals surface area contributed by atoms with Crippen LogP contribution in [0.1, 0.15) is 47.9 Å². The third-order valence-electron chi connectivity index (χ3n) is 5.18. The summed E-state index contributed by atoms with van der Waals surface area (Å²) in [7, 11) is 0. The van der Waals surface area contributed by atoms with Gasteiger partial charge in [0.2, 0.25) is 0 Å². The van der Waals surface area contributed by atoms with Gasteiger partial charge in [0.1, 0.15) is 27.6 Å². The summed E-state index contributed by atoms with van der Waals surface area (Å²) >= 11 is 1.17. The summed E-state index contributed by atoms with van der Waals surface area (Å²) in [6.45, 7) is 4.88. The molecule has 0 aromatic carbocycles. The van der Waals surface area contributed by atoms with Gasteiger partial charge in [-0.1, -0.05) is 0 Å². The lowest BCUT2D eigenvalue weighted by Crippen LogP contribution is -2.14. The van der Waals surface area contributed by atoms with Crippen molar-refractivity contribution in [1.82, 2.24) is 34.3 Å². The molecule has 0 aliphatic rings. The van der Waals surface area contributed by atoms with Crippen molar-refractivity contribution >= 4 is 37.4 Å². The van der Waals surface area contributed by atoms with Crippen LogP contribution in [0.4, 0.5) is 22.0 Å². The van der Waals surface area contributed by atoms with E-state index in [0.29, 0.717) is 37.3 Å². The first-order chi connectivity index (χ1) is 15.0. The van der Waals surface area contributed by atoms with E-state index in [1.165, 1.54) is 39.9 Å². The molecule has 0 saturated carbocycles. The van der Waals surface area contributed by atoms with E-state index in [1.807, 2.05) is 0 Å². The van der Waals surface area contributed by atoms with Gasteiger partial charge in [-0.25, -0.2) is 28.2 Å². The molecule has 0 unspecified atom stereocenters. The van der Waals surface area contributed by atoms with Crippen LogP contribution < -0.4 is 0 Å². The SMILES string of the molecule is Cc1cc(C(F)F)nc2sc3c(ncn4nc([C@H](C)n5nc(C(F)(F)F)cc5C)nc34)c12. The molecule has 0 saturated heterocycles. The van der Waals surface area contributed by atoms with Crippen molar-refractivity contribution in [3.63, 3.8) is 0 Å². The molecule has 5 heterocycles. The third kappa shape index (κ3) is 3.10. The molecule has 0 radical (unpaired) electrons. The fourth-order valence-electron chi connectivity index (χ4n) is 3.67. The van der Waals surface area contributed by atoms with Crippen molar-refractivity contribution in [1.29, 1.82) is 0 Å². The Bertz CT molecular complexity index is 1500. The second kappa shape index (κ2) is 6.89. The number of halogens is 5. The average molecular weight is 467 g/mol. The molecule has 32 heavy (non-hydrogen) atoms. The highest BCUT2D eigenvalue weighted by molar-refractivity contribution is 7.26. The largest absolute Gasteiger partial charge is 0.435 e. The van der Waals surface area contributed by atoms with Gasteiger partial charge >= 0.3 is 6.18 Å². The third-order valence-corrected chi connectivity index (χ3v) is 6.25. The van der Waals surface area contributed by atoms with Gasteiger partial charge < -0.3 is 0 Å². The second-order valence-corrected chi connectivity index (χ2v) is 8.40. The average Bonchev–Trinajstić information content (AvgIpc) is 3.40. The predicted octanol–water partition coefficient (Wildman–Crippen LogP) is 5.27. The molecule has 5 rings (SSSR count). The van der Waals surface area contributed by atoms with Gasteiger partial charge in [0.05, 0.1) is 5.52 Å². The summed E-state index contributed by atoms with van der Waals surface area (Å²) in [6.07, 6.45) is -5.82. The maximum atomic E-state index is 13.2. The Balaban J connectivity index is 1.66. The molecule has 0 bridgehead atoms. The zero-order chi connectivity index (χ0) is 22.9. The first kappa shape index (κ1) is 20.7. The zero-order valence-electron chi connectivity index (χ0n) is 16.8. The Morgan fingerprint density at radius 1 is 1.06 bits per heavy atom. The number of hydrogen-bond acceptors (Lipinski definition) is 6. The first-order valence-electron chi connectivity index (χ1n) is 9.41. The molecule has 166 valence electrons. The van der Waals surface area contributed by atoms with Gasteiger partial charge in [0, 0.05) is 11.1 Å². The van der Waals surface area contributed by atoms with Crippen molar-refractivity contribution in [3.8, 4) is 0 Å².